The third-order valence-corrected chi connectivity index (χ3v) is 10.3. The Morgan fingerprint density at radius 1 is 0.392 bits per heavy atom. The van der Waals surface area contributed by atoms with Gasteiger partial charge in [0, 0.05) is 43.6 Å². The molecule has 0 aliphatic rings. The zero-order valence-corrected chi connectivity index (χ0v) is 27.5. The molecule has 7 aromatic carbocycles. The number of hydrogen-bond donors (Lipinski definition) is 0. The van der Waals surface area contributed by atoms with Crippen LogP contribution in [-0.4, -0.2) is 14.1 Å². The number of furan rings is 1. The number of fused-ring (bicyclic) bond motifs is 10. The Morgan fingerprint density at radius 3 is 1.98 bits per heavy atom. The molecule has 11 aromatic rings. The molecule has 11 rings (SSSR count). The summed E-state index contributed by atoms with van der Waals surface area (Å²) < 4.78 is 10.9. The van der Waals surface area contributed by atoms with Crippen molar-refractivity contribution >= 4 is 65.6 Å². The van der Waals surface area contributed by atoms with Crippen LogP contribution >= 0.6 is 0 Å². The number of benzene rings is 7. The van der Waals surface area contributed by atoms with E-state index in [2.05, 4.69) is 173 Å². The standard InChI is InChI=1S/C47H29N3O/c1-2-12-30(13-3-1)31-14-10-15-33(28-31)49-40-20-7-4-16-34(40)36-25-26-42-46(47(36)49)37-18-5-8-21-41(37)50(42)45-23-11-19-39(48-45)32-24-27-44-38(29-32)35-17-6-9-22-43(35)51-44/h1-29H. The maximum Gasteiger partial charge on any atom is 0.138 e. The first-order chi connectivity index (χ1) is 25.3. The van der Waals surface area contributed by atoms with Crippen LogP contribution in [0.25, 0.3) is 99.4 Å². The van der Waals surface area contributed by atoms with Crippen LogP contribution < -0.4 is 0 Å². The lowest BCUT2D eigenvalue weighted by molar-refractivity contribution is 0.669. The van der Waals surface area contributed by atoms with E-state index in [1.807, 2.05) is 12.1 Å². The lowest BCUT2D eigenvalue weighted by atomic mass is 10.0. The second-order valence-corrected chi connectivity index (χ2v) is 13.2. The molecular formula is C47H29N3O. The number of pyridine rings is 1. The molecule has 0 saturated heterocycles. The molecule has 0 atom stereocenters. The third kappa shape index (κ3) is 4.17. The Morgan fingerprint density at radius 2 is 1.10 bits per heavy atom. The largest absolute Gasteiger partial charge is 0.456 e. The van der Waals surface area contributed by atoms with Gasteiger partial charge in [-0.1, -0.05) is 109 Å². The molecule has 0 N–H and O–H groups in total. The van der Waals surface area contributed by atoms with Crippen LogP contribution in [-0.2, 0) is 0 Å². The molecule has 0 aliphatic carbocycles. The number of rotatable bonds is 4. The molecule has 0 radical (unpaired) electrons. The summed E-state index contributed by atoms with van der Waals surface area (Å²) in [6.07, 6.45) is 0. The van der Waals surface area contributed by atoms with Crippen LogP contribution in [0.15, 0.2) is 180 Å². The molecule has 4 heterocycles. The van der Waals surface area contributed by atoms with Crippen LogP contribution in [0.3, 0.4) is 0 Å². The van der Waals surface area contributed by atoms with Gasteiger partial charge in [0.25, 0.3) is 0 Å². The highest BCUT2D eigenvalue weighted by atomic mass is 16.3. The highest BCUT2D eigenvalue weighted by Crippen LogP contribution is 2.42. The quantitative estimate of drug-likeness (QED) is 0.190. The van der Waals surface area contributed by atoms with Crippen LogP contribution in [0.5, 0.6) is 0 Å². The monoisotopic (exact) mass is 651 g/mol. The maximum absolute atomic E-state index is 6.12. The fraction of sp³-hybridized carbons (Fsp3) is 0. The summed E-state index contributed by atoms with van der Waals surface area (Å²) in [5, 5.41) is 7.08. The SMILES string of the molecule is c1ccc(-c2cccc(-n3c4ccccc4c4ccc5c(c6ccccc6n5-c5cccc(-c6ccc7oc8ccccc8c7c6)n5)c43)c2)cc1. The Balaban J connectivity index is 1.17. The van der Waals surface area contributed by atoms with Gasteiger partial charge < -0.3 is 8.98 Å². The summed E-state index contributed by atoms with van der Waals surface area (Å²) in [6.45, 7) is 0. The van der Waals surface area contributed by atoms with Gasteiger partial charge >= 0.3 is 0 Å². The van der Waals surface area contributed by atoms with Crippen molar-refractivity contribution in [3.8, 4) is 33.9 Å². The smallest absolute Gasteiger partial charge is 0.138 e. The first-order valence-corrected chi connectivity index (χ1v) is 17.3. The van der Waals surface area contributed by atoms with Gasteiger partial charge in [-0.2, -0.15) is 0 Å². The van der Waals surface area contributed by atoms with Crippen molar-refractivity contribution in [2.45, 2.75) is 0 Å². The Hall–Kier alpha value is -6.91. The molecule has 0 bridgehead atoms. The molecule has 4 aromatic heterocycles. The molecule has 0 amide bonds. The number of aromatic nitrogens is 3. The van der Waals surface area contributed by atoms with Crippen LogP contribution in [0.4, 0.5) is 0 Å². The fourth-order valence-electron chi connectivity index (χ4n) is 8.07. The molecule has 0 unspecified atom stereocenters. The average molecular weight is 652 g/mol. The second-order valence-electron chi connectivity index (χ2n) is 13.2. The number of para-hydroxylation sites is 3. The van der Waals surface area contributed by atoms with Crippen molar-refractivity contribution in [3.63, 3.8) is 0 Å². The molecule has 4 nitrogen and oxygen atoms in total. The summed E-state index contributed by atoms with van der Waals surface area (Å²) in [6, 6.07) is 62.4. The van der Waals surface area contributed by atoms with E-state index in [4.69, 9.17) is 9.40 Å². The van der Waals surface area contributed by atoms with Gasteiger partial charge in [0.2, 0.25) is 0 Å². The van der Waals surface area contributed by atoms with E-state index in [-0.39, 0.29) is 0 Å². The van der Waals surface area contributed by atoms with Crippen molar-refractivity contribution in [2.75, 3.05) is 0 Å². The Bertz CT molecular complexity index is 3140. The first kappa shape index (κ1) is 28.0. The van der Waals surface area contributed by atoms with Gasteiger partial charge in [0.1, 0.15) is 17.0 Å². The predicted molar refractivity (Wildman–Crippen MR) is 211 cm³/mol. The van der Waals surface area contributed by atoms with Crippen LogP contribution in [0.2, 0.25) is 0 Å². The van der Waals surface area contributed by atoms with Crippen molar-refractivity contribution in [3.05, 3.63) is 176 Å². The maximum atomic E-state index is 6.12. The molecule has 238 valence electrons. The topological polar surface area (TPSA) is 35.9 Å². The average Bonchev–Trinajstić information content (AvgIpc) is 3.86. The number of nitrogens with zero attached hydrogens (tertiary/aromatic N) is 3. The summed E-state index contributed by atoms with van der Waals surface area (Å²) in [7, 11) is 0. The van der Waals surface area contributed by atoms with Crippen LogP contribution in [0, 0.1) is 0 Å². The summed E-state index contributed by atoms with van der Waals surface area (Å²) >= 11 is 0. The van der Waals surface area contributed by atoms with Gasteiger partial charge in [-0.05, 0) is 77.9 Å². The molecule has 0 saturated carbocycles. The lowest BCUT2D eigenvalue weighted by Gasteiger charge is -2.12. The molecule has 0 aliphatic heterocycles. The van der Waals surface area contributed by atoms with Crippen molar-refractivity contribution < 1.29 is 4.42 Å². The van der Waals surface area contributed by atoms with Crippen molar-refractivity contribution in [2.24, 2.45) is 0 Å². The fourth-order valence-corrected chi connectivity index (χ4v) is 8.07. The molecule has 0 spiro atoms. The molecule has 51 heavy (non-hydrogen) atoms. The minimum atomic E-state index is 0.879. The van der Waals surface area contributed by atoms with E-state index >= 15 is 0 Å². The highest BCUT2D eigenvalue weighted by molar-refractivity contribution is 6.26. The van der Waals surface area contributed by atoms with Crippen molar-refractivity contribution in [1.82, 2.24) is 14.1 Å². The molecular weight excluding hydrogens is 623 g/mol. The normalized spacial score (nSPS) is 11.9. The Kier molecular flexibility index (Phi) is 5.92. The summed E-state index contributed by atoms with van der Waals surface area (Å²) in [5.74, 6) is 0.879. The lowest BCUT2D eigenvalue weighted by Crippen LogP contribution is -1.99. The highest BCUT2D eigenvalue weighted by Gasteiger charge is 2.21. The van der Waals surface area contributed by atoms with Crippen molar-refractivity contribution in [1.29, 1.82) is 0 Å². The first-order valence-electron chi connectivity index (χ1n) is 17.3. The Labute approximate surface area is 293 Å². The van der Waals surface area contributed by atoms with E-state index in [9.17, 15) is 0 Å². The minimum absolute atomic E-state index is 0.879. The number of hydrogen-bond acceptors (Lipinski definition) is 2. The van der Waals surface area contributed by atoms with Gasteiger partial charge in [0.15, 0.2) is 0 Å². The van der Waals surface area contributed by atoms with Gasteiger partial charge in [0.05, 0.1) is 27.8 Å². The molecule has 4 heteroatoms. The van der Waals surface area contributed by atoms with E-state index in [1.165, 1.54) is 43.7 Å². The van der Waals surface area contributed by atoms with Gasteiger partial charge in [-0.15, -0.1) is 0 Å². The van der Waals surface area contributed by atoms with Crippen LogP contribution in [0.1, 0.15) is 0 Å². The van der Waals surface area contributed by atoms with Gasteiger partial charge in [-0.3, -0.25) is 4.57 Å². The predicted octanol–water partition coefficient (Wildman–Crippen LogP) is 12.5. The zero-order chi connectivity index (χ0) is 33.5. The van der Waals surface area contributed by atoms with Gasteiger partial charge in [-0.25, -0.2) is 4.98 Å². The molecule has 0 fully saturated rings. The minimum Gasteiger partial charge on any atom is -0.456 e. The van der Waals surface area contributed by atoms with E-state index in [1.54, 1.807) is 0 Å². The summed E-state index contributed by atoms with van der Waals surface area (Å²) in [5.41, 5.74) is 11.9. The third-order valence-electron chi connectivity index (χ3n) is 10.3. The zero-order valence-electron chi connectivity index (χ0n) is 27.5. The van der Waals surface area contributed by atoms with E-state index < -0.39 is 0 Å². The van der Waals surface area contributed by atoms with E-state index in [0.717, 1.165) is 55.7 Å². The second kappa shape index (κ2) is 10.8. The summed E-state index contributed by atoms with van der Waals surface area (Å²) in [4.78, 5) is 5.33. The van der Waals surface area contributed by atoms with E-state index in [0.29, 0.717) is 0 Å².